The summed E-state index contributed by atoms with van der Waals surface area (Å²) in [5.41, 5.74) is 0.969. The Hall–Kier alpha value is -1.65. The fourth-order valence-electron chi connectivity index (χ4n) is 9.03. The van der Waals surface area contributed by atoms with E-state index in [1.54, 1.807) is 7.11 Å². The molecule has 0 radical (unpaired) electrons. The van der Waals surface area contributed by atoms with Crippen LogP contribution >= 0.6 is 0 Å². The number of hydrogen-bond donors (Lipinski definition) is 0. The molecule has 4 nitrogen and oxygen atoms in total. The number of rotatable bonds is 2. The summed E-state index contributed by atoms with van der Waals surface area (Å²) in [7, 11) is 1.71. The molecule has 1 spiro atoms. The minimum atomic E-state index is -0.555. The van der Waals surface area contributed by atoms with Gasteiger partial charge in [0.1, 0.15) is 11.5 Å². The van der Waals surface area contributed by atoms with E-state index in [2.05, 4.69) is 43.3 Å². The molecule has 5 aliphatic carbocycles. The molecule has 2 bridgehead atoms. The lowest BCUT2D eigenvalue weighted by Gasteiger charge is -2.53. The molecule has 7 rings (SSSR count). The van der Waals surface area contributed by atoms with Crippen molar-refractivity contribution in [2.45, 2.75) is 50.2 Å². The van der Waals surface area contributed by atoms with Crippen LogP contribution < -0.4 is 4.74 Å². The number of carbonyl (C=O) groups excluding carboxylic acids is 1. The van der Waals surface area contributed by atoms with E-state index in [0.29, 0.717) is 19.0 Å². The smallest absolute Gasteiger partial charge is 0.176 e. The van der Waals surface area contributed by atoms with Crippen LogP contribution in [0.3, 0.4) is 0 Å². The normalized spacial score (nSPS) is 49.1. The Morgan fingerprint density at radius 1 is 1.03 bits per heavy atom. The molecule has 1 aromatic rings. The van der Waals surface area contributed by atoms with Crippen LogP contribution in [-0.4, -0.2) is 31.9 Å². The third kappa shape index (κ3) is 1.65. The second kappa shape index (κ2) is 5.39. The van der Waals surface area contributed by atoms with Gasteiger partial charge in [0.05, 0.1) is 20.3 Å². The van der Waals surface area contributed by atoms with E-state index in [-0.39, 0.29) is 39.9 Å². The Kier molecular flexibility index (Phi) is 3.23. The molecular weight excluding hydrogens is 376 g/mol. The number of Topliss-reactive ketones (excluding diaryl/α,β-unsaturated/α-hetero) is 1. The largest absolute Gasteiger partial charge is 0.497 e. The van der Waals surface area contributed by atoms with Crippen LogP contribution in [0.2, 0.25) is 0 Å². The molecule has 4 heteroatoms. The van der Waals surface area contributed by atoms with Gasteiger partial charge in [0.2, 0.25) is 0 Å². The predicted octanol–water partition coefficient (Wildman–Crippen LogP) is 4.28. The molecule has 7 atom stereocenters. The monoisotopic (exact) mass is 406 g/mol. The van der Waals surface area contributed by atoms with Crippen molar-refractivity contribution in [3.8, 4) is 5.75 Å². The average Bonchev–Trinajstić information content (AvgIpc) is 3.30. The Morgan fingerprint density at radius 2 is 1.77 bits per heavy atom. The van der Waals surface area contributed by atoms with Gasteiger partial charge in [-0.1, -0.05) is 44.1 Å². The SMILES string of the molecule is COc1ccc([C@@]23C=C[C@]4(CCCC[C@@]42C)[C@@H]2[C@H]3C(=O)[C@H]3C[C@H]3C23OCCO3)cc1. The van der Waals surface area contributed by atoms with Crippen molar-refractivity contribution in [3.05, 3.63) is 42.0 Å². The molecule has 6 aliphatic rings. The molecule has 0 unspecified atom stereocenters. The Morgan fingerprint density at radius 3 is 2.50 bits per heavy atom. The van der Waals surface area contributed by atoms with Gasteiger partial charge < -0.3 is 14.2 Å². The lowest BCUT2D eigenvalue weighted by molar-refractivity contribution is -0.252. The average molecular weight is 407 g/mol. The molecule has 0 aromatic heterocycles. The quantitative estimate of drug-likeness (QED) is 0.688. The highest BCUT2D eigenvalue weighted by atomic mass is 16.7. The summed E-state index contributed by atoms with van der Waals surface area (Å²) in [4.78, 5) is 14.0. The number of hydrogen-bond acceptors (Lipinski definition) is 4. The van der Waals surface area contributed by atoms with Crippen LogP contribution in [0.1, 0.15) is 44.6 Å². The zero-order chi connectivity index (χ0) is 20.4. The lowest BCUT2D eigenvalue weighted by Crippen LogP contribution is -2.58. The second-order valence-electron chi connectivity index (χ2n) is 10.7. The fraction of sp³-hybridized carbons (Fsp3) is 0.654. The first-order valence-corrected chi connectivity index (χ1v) is 11.7. The van der Waals surface area contributed by atoms with E-state index >= 15 is 0 Å². The summed E-state index contributed by atoms with van der Waals surface area (Å²) in [6.45, 7) is 3.79. The van der Waals surface area contributed by atoms with E-state index in [9.17, 15) is 4.79 Å². The molecule has 30 heavy (non-hydrogen) atoms. The van der Waals surface area contributed by atoms with Gasteiger partial charge in [0.25, 0.3) is 0 Å². The first-order valence-electron chi connectivity index (χ1n) is 11.7. The van der Waals surface area contributed by atoms with Gasteiger partial charge in [0.15, 0.2) is 5.79 Å². The number of methoxy groups -OCH3 is 1. The highest BCUT2D eigenvalue weighted by Crippen LogP contribution is 2.83. The van der Waals surface area contributed by atoms with Crippen molar-refractivity contribution in [2.24, 2.45) is 34.5 Å². The van der Waals surface area contributed by atoms with Crippen molar-refractivity contribution >= 4 is 5.78 Å². The number of carbonyl (C=O) groups is 1. The van der Waals surface area contributed by atoms with Crippen molar-refractivity contribution < 1.29 is 19.0 Å². The minimum Gasteiger partial charge on any atom is -0.497 e. The highest BCUT2D eigenvalue weighted by molar-refractivity contribution is 5.92. The standard InChI is InChI=1S/C26H30O4/c1-23-9-3-4-10-24(23)11-12-25(23,16-5-7-17(28-2)8-6-16)20-21(27)18-15-19(18)26(22(20)24)29-13-14-30-26/h5-8,11-12,18-20,22H,3-4,9-10,13-15H2,1-2H3/t18-,19+,20+,22-,23-,24+,25+/m0/s1. The van der Waals surface area contributed by atoms with Gasteiger partial charge in [-0.15, -0.1) is 0 Å². The van der Waals surface area contributed by atoms with Crippen LogP contribution in [0.4, 0.5) is 0 Å². The molecule has 5 fully saturated rings. The van der Waals surface area contributed by atoms with Crippen LogP contribution in [0.15, 0.2) is 36.4 Å². The summed E-state index contributed by atoms with van der Waals surface area (Å²) in [5, 5.41) is 0. The van der Waals surface area contributed by atoms with Crippen molar-refractivity contribution in [2.75, 3.05) is 20.3 Å². The molecule has 4 saturated carbocycles. The number of ether oxygens (including phenoxy) is 3. The number of allylic oxidation sites excluding steroid dienone is 2. The summed E-state index contributed by atoms with van der Waals surface area (Å²) in [6, 6.07) is 8.53. The maximum absolute atomic E-state index is 14.0. The molecule has 1 saturated heterocycles. The summed E-state index contributed by atoms with van der Waals surface area (Å²) in [5.74, 6) is 1.24. The van der Waals surface area contributed by atoms with Gasteiger partial charge in [-0.2, -0.15) is 0 Å². The maximum Gasteiger partial charge on any atom is 0.176 e. The Labute approximate surface area is 178 Å². The summed E-state index contributed by atoms with van der Waals surface area (Å²) < 4.78 is 18.5. The zero-order valence-corrected chi connectivity index (χ0v) is 17.9. The van der Waals surface area contributed by atoms with Gasteiger partial charge in [-0.25, -0.2) is 0 Å². The Balaban J connectivity index is 1.50. The van der Waals surface area contributed by atoms with Crippen LogP contribution in [-0.2, 0) is 19.7 Å². The van der Waals surface area contributed by atoms with Crippen LogP contribution in [0.5, 0.6) is 5.75 Å². The minimum absolute atomic E-state index is 0.0108. The van der Waals surface area contributed by atoms with E-state index in [1.165, 1.54) is 18.4 Å². The van der Waals surface area contributed by atoms with Crippen molar-refractivity contribution in [3.63, 3.8) is 0 Å². The molecule has 0 N–H and O–H groups in total. The number of benzene rings is 1. The van der Waals surface area contributed by atoms with Crippen LogP contribution in [0.25, 0.3) is 0 Å². The molecule has 158 valence electrons. The van der Waals surface area contributed by atoms with Gasteiger partial charge in [-0.05, 0) is 42.4 Å². The number of fused-ring (bicyclic) bond motifs is 5. The fourth-order valence-corrected chi connectivity index (χ4v) is 9.03. The zero-order valence-electron chi connectivity index (χ0n) is 17.9. The first-order chi connectivity index (χ1) is 14.5. The van der Waals surface area contributed by atoms with Gasteiger partial charge in [-0.3, -0.25) is 4.79 Å². The van der Waals surface area contributed by atoms with Crippen molar-refractivity contribution in [1.29, 1.82) is 0 Å². The first kappa shape index (κ1) is 18.0. The molecule has 1 aliphatic heterocycles. The van der Waals surface area contributed by atoms with E-state index < -0.39 is 5.79 Å². The van der Waals surface area contributed by atoms with Crippen molar-refractivity contribution in [1.82, 2.24) is 0 Å². The number of ketones is 1. The summed E-state index contributed by atoms with van der Waals surface area (Å²) >= 11 is 0. The van der Waals surface area contributed by atoms with E-state index in [0.717, 1.165) is 25.0 Å². The van der Waals surface area contributed by atoms with Crippen LogP contribution in [0, 0.1) is 34.5 Å². The third-order valence-electron chi connectivity index (χ3n) is 10.2. The predicted molar refractivity (Wildman–Crippen MR) is 111 cm³/mol. The molecule has 0 amide bonds. The maximum atomic E-state index is 14.0. The second-order valence-corrected chi connectivity index (χ2v) is 10.7. The topological polar surface area (TPSA) is 44.8 Å². The third-order valence-corrected chi connectivity index (χ3v) is 10.2. The molecule has 1 heterocycles. The Bertz CT molecular complexity index is 960. The van der Waals surface area contributed by atoms with Gasteiger partial charge >= 0.3 is 0 Å². The van der Waals surface area contributed by atoms with E-state index in [4.69, 9.17) is 14.2 Å². The summed E-state index contributed by atoms with van der Waals surface area (Å²) in [6.07, 6.45) is 10.6. The molecular formula is C26H30O4. The lowest BCUT2D eigenvalue weighted by atomic mass is 9.52. The molecule has 1 aromatic carbocycles. The van der Waals surface area contributed by atoms with Gasteiger partial charge in [0, 0.05) is 34.5 Å². The highest BCUT2D eigenvalue weighted by Gasteiger charge is 2.86. The van der Waals surface area contributed by atoms with E-state index in [1.807, 2.05) is 0 Å².